The average molecular weight is 335 g/mol. The normalized spacial score (nSPS) is 19.6. The smallest absolute Gasteiger partial charge is 0.321 e. The average Bonchev–Trinajstić information content (AvgIpc) is 2.42. The summed E-state index contributed by atoms with van der Waals surface area (Å²) in [5.74, 6) is -0.262. The predicted molar refractivity (Wildman–Crippen MR) is 82.1 cm³/mol. The number of urea groups is 1. The third-order valence-corrected chi connectivity index (χ3v) is 3.90. The van der Waals surface area contributed by atoms with Gasteiger partial charge in [-0.2, -0.15) is 8.42 Å². The van der Waals surface area contributed by atoms with Gasteiger partial charge in [-0.15, -0.1) is 0 Å². The number of nitrogens with two attached hydrogens (primary N) is 1. The lowest BCUT2D eigenvalue weighted by atomic mass is 9.98. The summed E-state index contributed by atoms with van der Waals surface area (Å²) in [7, 11) is -3.69. The third-order valence-electron chi connectivity index (χ3n) is 3.33. The first kappa shape index (κ1) is 18.8. The second kappa shape index (κ2) is 9.03. The zero-order chi connectivity index (χ0) is 16.6. The number of imide groups is 1. The van der Waals surface area contributed by atoms with E-state index in [-0.39, 0.29) is 24.9 Å². The minimum Gasteiger partial charge on any atom is -0.338 e. The second-order valence-corrected chi connectivity index (χ2v) is 6.82. The Morgan fingerprint density at radius 1 is 1.36 bits per heavy atom. The second-order valence-electron chi connectivity index (χ2n) is 5.44. The molecule has 1 fully saturated rings. The molecule has 0 spiro atoms. The molecule has 0 aromatic heterocycles. The lowest BCUT2D eigenvalue weighted by molar-refractivity contribution is -0.121. The predicted octanol–water partition coefficient (Wildman–Crippen LogP) is -1.27. The summed E-state index contributed by atoms with van der Waals surface area (Å²) in [6.07, 6.45) is 2.54. The molecule has 0 radical (unpaired) electrons. The van der Waals surface area contributed by atoms with E-state index in [2.05, 4.69) is 15.4 Å². The SMILES string of the molecule is CCCNC(=O)NC(=O)CN1CCC[C@H](CNS(N)(=O)=O)C1. The van der Waals surface area contributed by atoms with Crippen LogP contribution in [0.1, 0.15) is 26.2 Å². The molecular weight excluding hydrogens is 310 g/mol. The maximum absolute atomic E-state index is 11.8. The van der Waals surface area contributed by atoms with Crippen LogP contribution < -0.4 is 20.5 Å². The molecule has 22 heavy (non-hydrogen) atoms. The number of rotatable bonds is 7. The molecule has 0 aromatic rings. The molecule has 1 atom stereocenters. The van der Waals surface area contributed by atoms with Gasteiger partial charge in [-0.05, 0) is 31.7 Å². The first-order valence-corrected chi connectivity index (χ1v) is 8.92. The Morgan fingerprint density at radius 2 is 2.09 bits per heavy atom. The number of nitrogens with one attached hydrogen (secondary N) is 3. The lowest BCUT2D eigenvalue weighted by Crippen LogP contribution is -2.48. The number of hydrogen-bond acceptors (Lipinski definition) is 5. The van der Waals surface area contributed by atoms with Crippen molar-refractivity contribution in [1.82, 2.24) is 20.3 Å². The van der Waals surface area contributed by atoms with Crippen molar-refractivity contribution in [2.24, 2.45) is 11.1 Å². The van der Waals surface area contributed by atoms with Gasteiger partial charge in [-0.25, -0.2) is 14.7 Å². The van der Waals surface area contributed by atoms with Crippen LogP contribution in [0.2, 0.25) is 0 Å². The highest BCUT2D eigenvalue weighted by molar-refractivity contribution is 7.87. The Balaban J connectivity index is 2.33. The number of likely N-dealkylation sites (tertiary alicyclic amines) is 1. The van der Waals surface area contributed by atoms with Crippen molar-refractivity contribution >= 4 is 22.1 Å². The van der Waals surface area contributed by atoms with E-state index < -0.39 is 16.2 Å². The number of carbonyl (C=O) groups is 2. The van der Waals surface area contributed by atoms with Crippen molar-refractivity contribution in [2.45, 2.75) is 26.2 Å². The first-order valence-electron chi connectivity index (χ1n) is 7.37. The molecule has 0 aliphatic carbocycles. The summed E-state index contributed by atoms with van der Waals surface area (Å²) >= 11 is 0. The van der Waals surface area contributed by atoms with E-state index in [1.165, 1.54) is 0 Å². The molecule has 1 aliphatic heterocycles. The van der Waals surface area contributed by atoms with E-state index in [0.717, 1.165) is 25.8 Å². The van der Waals surface area contributed by atoms with Crippen molar-refractivity contribution in [2.75, 3.05) is 32.7 Å². The standard InChI is InChI=1S/C12H25N5O4S/c1-2-5-14-12(19)16-11(18)9-17-6-3-4-10(8-17)7-15-22(13,20)21/h10,15H,2-9H2,1H3,(H2,13,20,21)(H2,14,16,18,19)/t10-/m1/s1. The van der Waals surface area contributed by atoms with E-state index in [1.807, 2.05) is 11.8 Å². The van der Waals surface area contributed by atoms with Gasteiger partial charge in [0.25, 0.3) is 10.2 Å². The van der Waals surface area contributed by atoms with Crippen LogP contribution in [0.15, 0.2) is 0 Å². The van der Waals surface area contributed by atoms with E-state index in [1.54, 1.807) is 0 Å². The minimum absolute atomic E-state index is 0.105. The van der Waals surface area contributed by atoms with E-state index in [0.29, 0.717) is 13.1 Å². The summed E-state index contributed by atoms with van der Waals surface area (Å²) in [6.45, 7) is 4.15. The molecule has 128 valence electrons. The quantitative estimate of drug-likeness (QED) is 0.460. The minimum atomic E-state index is -3.69. The molecule has 0 saturated carbocycles. The van der Waals surface area contributed by atoms with Gasteiger partial charge < -0.3 is 5.32 Å². The van der Waals surface area contributed by atoms with Crippen LogP contribution in [0.3, 0.4) is 0 Å². The van der Waals surface area contributed by atoms with Crippen LogP contribution in [0.25, 0.3) is 0 Å². The number of carbonyl (C=O) groups excluding carboxylic acids is 2. The highest BCUT2D eigenvalue weighted by Gasteiger charge is 2.22. The molecule has 10 heteroatoms. The van der Waals surface area contributed by atoms with Gasteiger partial charge in [0.05, 0.1) is 6.54 Å². The summed E-state index contributed by atoms with van der Waals surface area (Å²) in [6, 6.07) is -0.490. The molecule has 0 unspecified atom stereocenters. The van der Waals surface area contributed by atoms with E-state index in [9.17, 15) is 18.0 Å². The Hall–Kier alpha value is -1.23. The third kappa shape index (κ3) is 8.27. The van der Waals surface area contributed by atoms with E-state index >= 15 is 0 Å². The molecule has 1 aliphatic rings. The summed E-state index contributed by atoms with van der Waals surface area (Å²) in [5, 5.41) is 9.74. The van der Waals surface area contributed by atoms with Crippen molar-refractivity contribution in [1.29, 1.82) is 0 Å². The van der Waals surface area contributed by atoms with Crippen LogP contribution in [0, 0.1) is 5.92 Å². The molecule has 9 nitrogen and oxygen atoms in total. The largest absolute Gasteiger partial charge is 0.338 e. The Kier molecular flexibility index (Phi) is 7.73. The maximum Gasteiger partial charge on any atom is 0.321 e. The van der Waals surface area contributed by atoms with Crippen LogP contribution in [-0.2, 0) is 15.0 Å². The zero-order valence-corrected chi connectivity index (χ0v) is 13.6. The molecule has 5 N–H and O–H groups in total. The van der Waals surface area contributed by atoms with E-state index in [4.69, 9.17) is 5.14 Å². The molecule has 1 saturated heterocycles. The van der Waals surface area contributed by atoms with Crippen LogP contribution in [-0.4, -0.2) is 58.0 Å². The molecular formula is C12H25N5O4S. The number of nitrogens with zero attached hydrogens (tertiary/aromatic N) is 1. The van der Waals surface area contributed by atoms with Crippen molar-refractivity contribution in [3.63, 3.8) is 0 Å². The fourth-order valence-electron chi connectivity index (χ4n) is 2.35. The molecule has 0 bridgehead atoms. The van der Waals surface area contributed by atoms with Gasteiger partial charge in [-0.1, -0.05) is 6.92 Å². The van der Waals surface area contributed by atoms with Gasteiger partial charge in [0, 0.05) is 19.6 Å². The van der Waals surface area contributed by atoms with Crippen LogP contribution in [0.4, 0.5) is 4.79 Å². The maximum atomic E-state index is 11.8. The highest BCUT2D eigenvalue weighted by Crippen LogP contribution is 2.15. The van der Waals surface area contributed by atoms with Crippen molar-refractivity contribution in [3.05, 3.63) is 0 Å². The number of hydrogen-bond donors (Lipinski definition) is 4. The molecule has 3 amide bonds. The Morgan fingerprint density at radius 3 is 2.73 bits per heavy atom. The van der Waals surface area contributed by atoms with Crippen molar-refractivity contribution < 1.29 is 18.0 Å². The van der Waals surface area contributed by atoms with Crippen molar-refractivity contribution in [3.8, 4) is 0 Å². The first-order chi connectivity index (χ1) is 10.3. The van der Waals surface area contributed by atoms with Gasteiger partial charge in [0.1, 0.15) is 0 Å². The topological polar surface area (TPSA) is 134 Å². The summed E-state index contributed by atoms with van der Waals surface area (Å²) in [5.41, 5.74) is 0. The fourth-order valence-corrected chi connectivity index (χ4v) is 2.82. The molecule has 1 heterocycles. The zero-order valence-electron chi connectivity index (χ0n) is 12.8. The monoisotopic (exact) mass is 335 g/mol. The summed E-state index contributed by atoms with van der Waals surface area (Å²) < 4.78 is 24.1. The van der Waals surface area contributed by atoms with Crippen LogP contribution in [0.5, 0.6) is 0 Å². The Labute approximate surface area is 131 Å². The number of piperidine rings is 1. The molecule has 1 rings (SSSR count). The number of amides is 3. The lowest BCUT2D eigenvalue weighted by Gasteiger charge is -2.32. The van der Waals surface area contributed by atoms with Crippen LogP contribution >= 0.6 is 0 Å². The summed E-state index contributed by atoms with van der Waals surface area (Å²) in [4.78, 5) is 25.0. The highest BCUT2D eigenvalue weighted by atomic mass is 32.2. The van der Waals surface area contributed by atoms with Gasteiger partial charge in [0.2, 0.25) is 5.91 Å². The van der Waals surface area contributed by atoms with Gasteiger partial charge >= 0.3 is 6.03 Å². The van der Waals surface area contributed by atoms with Gasteiger partial charge in [-0.3, -0.25) is 15.0 Å². The Bertz CT molecular complexity index is 482. The molecule has 0 aromatic carbocycles. The fraction of sp³-hybridized carbons (Fsp3) is 0.833. The van der Waals surface area contributed by atoms with Gasteiger partial charge in [0.15, 0.2) is 0 Å².